The molecule has 3 fully saturated rings. The van der Waals surface area contributed by atoms with Crippen LogP contribution in [0.3, 0.4) is 0 Å². The molecule has 3 heteroatoms. The molecule has 2 bridgehead atoms. The van der Waals surface area contributed by atoms with E-state index in [1.165, 1.54) is 6.42 Å². The van der Waals surface area contributed by atoms with Gasteiger partial charge in [-0.15, -0.1) is 0 Å². The molecule has 2 aliphatic heterocycles. The Bertz CT molecular complexity index is 546. The summed E-state index contributed by atoms with van der Waals surface area (Å²) >= 11 is 0. The van der Waals surface area contributed by atoms with Crippen molar-refractivity contribution in [3.63, 3.8) is 0 Å². The van der Waals surface area contributed by atoms with Gasteiger partial charge in [-0.2, -0.15) is 0 Å². The van der Waals surface area contributed by atoms with Gasteiger partial charge in [-0.25, -0.2) is 4.79 Å². The lowest BCUT2D eigenvalue weighted by molar-refractivity contribution is -0.0825. The van der Waals surface area contributed by atoms with Crippen molar-refractivity contribution in [1.82, 2.24) is 5.32 Å². The van der Waals surface area contributed by atoms with Gasteiger partial charge < -0.3 is 10.1 Å². The minimum atomic E-state index is -0.188. The Balaban J connectivity index is 1.76. The second kappa shape index (κ2) is 4.84. The molecule has 1 aliphatic carbocycles. The van der Waals surface area contributed by atoms with Gasteiger partial charge in [0.05, 0.1) is 5.56 Å². The Hall–Kier alpha value is -1.35. The molecule has 114 valence electrons. The molecule has 0 radical (unpaired) electrons. The summed E-state index contributed by atoms with van der Waals surface area (Å²) in [5.74, 6) is 0.209. The molecule has 2 saturated heterocycles. The molecular formula is C18H25NO2. The Morgan fingerprint density at radius 3 is 2.48 bits per heavy atom. The van der Waals surface area contributed by atoms with Gasteiger partial charge >= 0.3 is 5.97 Å². The first-order valence-electron chi connectivity index (χ1n) is 7.86. The lowest BCUT2D eigenvalue weighted by Crippen LogP contribution is -2.69. The van der Waals surface area contributed by atoms with Crippen LogP contribution < -0.4 is 5.32 Å². The van der Waals surface area contributed by atoms with Gasteiger partial charge in [0.15, 0.2) is 0 Å². The van der Waals surface area contributed by atoms with Crippen LogP contribution >= 0.6 is 0 Å². The highest BCUT2D eigenvalue weighted by atomic mass is 16.5. The average molecular weight is 287 g/mol. The van der Waals surface area contributed by atoms with Gasteiger partial charge in [-0.3, -0.25) is 0 Å². The maximum absolute atomic E-state index is 12.4. The Morgan fingerprint density at radius 1 is 1.24 bits per heavy atom. The average Bonchev–Trinajstić information content (AvgIpc) is 2.37. The highest BCUT2D eigenvalue weighted by molar-refractivity contribution is 5.89. The Kier molecular flexibility index (Phi) is 3.36. The first-order valence-corrected chi connectivity index (χ1v) is 7.86. The van der Waals surface area contributed by atoms with Gasteiger partial charge in [0.2, 0.25) is 0 Å². The predicted octanol–water partition coefficient (Wildman–Crippen LogP) is 3.46. The summed E-state index contributed by atoms with van der Waals surface area (Å²) in [4.78, 5) is 12.4. The van der Waals surface area contributed by atoms with Crippen LogP contribution in [0.1, 0.15) is 56.0 Å². The Morgan fingerprint density at radius 2 is 1.90 bits per heavy atom. The molecule has 0 aromatic heterocycles. The number of nitrogens with one attached hydrogen (secondary N) is 1. The zero-order valence-corrected chi connectivity index (χ0v) is 13.4. The van der Waals surface area contributed by atoms with Crippen molar-refractivity contribution >= 4 is 5.97 Å². The second-order valence-corrected chi connectivity index (χ2v) is 7.57. The van der Waals surface area contributed by atoms with Gasteiger partial charge in [-0.05, 0) is 52.7 Å². The first-order chi connectivity index (χ1) is 9.79. The van der Waals surface area contributed by atoms with Crippen molar-refractivity contribution in [3.8, 4) is 0 Å². The van der Waals surface area contributed by atoms with Crippen LogP contribution in [-0.4, -0.2) is 23.2 Å². The fourth-order valence-corrected chi connectivity index (χ4v) is 4.18. The predicted molar refractivity (Wildman–Crippen MR) is 83.3 cm³/mol. The van der Waals surface area contributed by atoms with Crippen molar-refractivity contribution in [3.05, 3.63) is 35.4 Å². The highest BCUT2D eigenvalue weighted by Crippen LogP contribution is 2.46. The minimum absolute atomic E-state index is 0.0220. The van der Waals surface area contributed by atoms with Crippen LogP contribution in [-0.2, 0) is 4.74 Å². The normalized spacial score (nSPS) is 33.7. The molecule has 21 heavy (non-hydrogen) atoms. The van der Waals surface area contributed by atoms with E-state index in [2.05, 4.69) is 26.1 Å². The molecule has 3 aliphatic rings. The number of piperidine rings is 2. The van der Waals surface area contributed by atoms with Crippen LogP contribution in [0.5, 0.6) is 0 Å². The van der Waals surface area contributed by atoms with Crippen LogP contribution in [0.4, 0.5) is 0 Å². The summed E-state index contributed by atoms with van der Waals surface area (Å²) in [7, 11) is 0. The first kappa shape index (κ1) is 14.6. The number of esters is 1. The molecule has 3 nitrogen and oxygen atoms in total. The van der Waals surface area contributed by atoms with Gasteiger partial charge in [0.1, 0.15) is 6.10 Å². The molecule has 1 aromatic carbocycles. The molecule has 3 atom stereocenters. The highest BCUT2D eigenvalue weighted by Gasteiger charge is 2.53. The SMILES string of the molecule is Cc1ccc(C(=O)OC2CC3(C)CCC2C(C)(C)N3)cc1. The summed E-state index contributed by atoms with van der Waals surface area (Å²) in [5, 5.41) is 3.73. The third-order valence-electron chi connectivity index (χ3n) is 5.20. The van der Waals surface area contributed by atoms with E-state index < -0.39 is 0 Å². The van der Waals surface area contributed by atoms with Crippen LogP contribution in [0.25, 0.3) is 0 Å². The largest absolute Gasteiger partial charge is 0.458 e. The molecule has 2 heterocycles. The Labute approximate surface area is 127 Å². The van der Waals surface area contributed by atoms with Gasteiger partial charge in [0.25, 0.3) is 0 Å². The summed E-state index contributed by atoms with van der Waals surface area (Å²) in [6.45, 7) is 8.71. The van der Waals surface area contributed by atoms with Crippen molar-refractivity contribution in [1.29, 1.82) is 0 Å². The van der Waals surface area contributed by atoms with Crippen LogP contribution in [0.2, 0.25) is 0 Å². The maximum Gasteiger partial charge on any atom is 0.338 e. The molecule has 3 unspecified atom stereocenters. The van der Waals surface area contributed by atoms with Crippen molar-refractivity contribution < 1.29 is 9.53 Å². The molecule has 0 spiro atoms. The number of benzene rings is 1. The number of rotatable bonds is 2. The molecule has 1 saturated carbocycles. The fraction of sp³-hybridized carbons (Fsp3) is 0.611. The number of hydrogen-bond donors (Lipinski definition) is 1. The third-order valence-corrected chi connectivity index (χ3v) is 5.20. The van der Waals surface area contributed by atoms with E-state index >= 15 is 0 Å². The van der Waals surface area contributed by atoms with E-state index in [4.69, 9.17) is 4.74 Å². The van der Waals surface area contributed by atoms with E-state index in [0.29, 0.717) is 11.5 Å². The topological polar surface area (TPSA) is 38.3 Å². The standard InChI is InChI=1S/C18H25NO2/c1-12-5-7-13(8-6-12)16(20)21-15-11-18(4)10-9-14(15)17(2,3)19-18/h5-8,14-15,19H,9-11H2,1-4H3. The van der Waals surface area contributed by atoms with Crippen molar-refractivity contribution in [2.24, 2.45) is 5.92 Å². The smallest absolute Gasteiger partial charge is 0.338 e. The van der Waals surface area contributed by atoms with E-state index in [0.717, 1.165) is 18.4 Å². The third kappa shape index (κ3) is 2.71. The molecule has 1 N–H and O–H groups in total. The fourth-order valence-electron chi connectivity index (χ4n) is 4.18. The molecule has 4 rings (SSSR count). The summed E-state index contributed by atoms with van der Waals surface area (Å²) < 4.78 is 5.87. The van der Waals surface area contributed by atoms with E-state index in [1.807, 2.05) is 31.2 Å². The summed E-state index contributed by atoms with van der Waals surface area (Å²) in [6, 6.07) is 7.61. The molecule has 0 amide bonds. The molecule has 1 aromatic rings. The minimum Gasteiger partial charge on any atom is -0.458 e. The number of carbonyl (C=O) groups is 1. The van der Waals surface area contributed by atoms with Gasteiger partial charge in [0, 0.05) is 23.4 Å². The number of ether oxygens (including phenoxy) is 1. The van der Waals surface area contributed by atoms with Crippen molar-refractivity contribution in [2.75, 3.05) is 0 Å². The summed E-state index contributed by atoms with van der Waals surface area (Å²) in [5.41, 5.74) is 1.93. The zero-order valence-electron chi connectivity index (χ0n) is 13.4. The zero-order chi connectivity index (χ0) is 15.3. The second-order valence-electron chi connectivity index (χ2n) is 7.57. The van der Waals surface area contributed by atoms with E-state index in [1.54, 1.807) is 0 Å². The van der Waals surface area contributed by atoms with E-state index in [9.17, 15) is 4.79 Å². The van der Waals surface area contributed by atoms with Gasteiger partial charge in [-0.1, -0.05) is 17.7 Å². The van der Waals surface area contributed by atoms with Crippen LogP contribution in [0, 0.1) is 12.8 Å². The molecular weight excluding hydrogens is 262 g/mol. The number of aryl methyl sites for hydroxylation is 1. The number of carbonyl (C=O) groups excluding carboxylic acids is 1. The van der Waals surface area contributed by atoms with Crippen LogP contribution in [0.15, 0.2) is 24.3 Å². The quantitative estimate of drug-likeness (QED) is 0.847. The lowest BCUT2D eigenvalue weighted by Gasteiger charge is -2.57. The monoisotopic (exact) mass is 287 g/mol. The van der Waals surface area contributed by atoms with Crippen molar-refractivity contribution in [2.45, 2.75) is 64.1 Å². The number of hydrogen-bond acceptors (Lipinski definition) is 3. The maximum atomic E-state index is 12.4. The van der Waals surface area contributed by atoms with E-state index in [-0.39, 0.29) is 23.2 Å². The summed E-state index contributed by atoms with van der Waals surface area (Å²) in [6.07, 6.45) is 3.23. The lowest BCUT2D eigenvalue weighted by atomic mass is 9.63. The number of fused-ring (bicyclic) bond motifs is 3.